The second-order valence-electron chi connectivity index (χ2n) is 3.86. The number of halogens is 2. The van der Waals surface area contributed by atoms with Gasteiger partial charge in [0, 0.05) is 12.3 Å². The third-order valence-corrected chi connectivity index (χ3v) is 3.21. The van der Waals surface area contributed by atoms with Gasteiger partial charge in [-0.1, -0.05) is 29.3 Å². The smallest absolute Gasteiger partial charge is 0.294 e. The minimum atomic E-state index is -0.728. The molecule has 0 saturated carbocycles. The van der Waals surface area contributed by atoms with Crippen molar-refractivity contribution in [1.82, 2.24) is 9.55 Å². The van der Waals surface area contributed by atoms with Crippen LogP contribution in [0.1, 0.15) is 5.56 Å². The molecule has 0 saturated heterocycles. The lowest BCUT2D eigenvalue weighted by Gasteiger charge is -2.08. The number of benzene rings is 1. The number of nitrogens with zero attached hydrogens (tertiary/aromatic N) is 2. The van der Waals surface area contributed by atoms with Gasteiger partial charge in [-0.15, -0.1) is 0 Å². The molecule has 0 aliphatic rings. The quantitative estimate of drug-likeness (QED) is 0.689. The van der Waals surface area contributed by atoms with Crippen LogP contribution in [-0.4, -0.2) is 14.5 Å². The summed E-state index contributed by atoms with van der Waals surface area (Å²) in [5.41, 5.74) is -1.51. The largest absolute Gasteiger partial charge is 0.328 e. The monoisotopic (exact) mass is 315 g/mol. The predicted octanol–water partition coefficient (Wildman–Crippen LogP) is 1.80. The molecule has 0 aliphatic heterocycles. The first-order valence-electron chi connectivity index (χ1n) is 5.31. The van der Waals surface area contributed by atoms with Crippen LogP contribution in [-0.2, 0) is 6.54 Å². The first-order valence-corrected chi connectivity index (χ1v) is 6.07. The van der Waals surface area contributed by atoms with Crippen molar-refractivity contribution in [1.29, 1.82) is 0 Å². The summed E-state index contributed by atoms with van der Waals surface area (Å²) in [4.78, 5) is 35.1. The van der Waals surface area contributed by atoms with Crippen LogP contribution in [0.2, 0.25) is 10.0 Å². The average Bonchev–Trinajstić information content (AvgIpc) is 2.37. The Morgan fingerprint density at radius 1 is 1.25 bits per heavy atom. The van der Waals surface area contributed by atoms with Crippen molar-refractivity contribution in [2.75, 3.05) is 0 Å². The highest BCUT2D eigenvalue weighted by atomic mass is 35.5. The van der Waals surface area contributed by atoms with Crippen LogP contribution in [0.4, 0.5) is 5.69 Å². The maximum Gasteiger partial charge on any atom is 0.328 e. The Bertz CT molecular complexity index is 797. The molecule has 1 heterocycles. The van der Waals surface area contributed by atoms with Crippen molar-refractivity contribution >= 4 is 28.9 Å². The van der Waals surface area contributed by atoms with Crippen LogP contribution in [0, 0.1) is 10.1 Å². The van der Waals surface area contributed by atoms with E-state index in [1.54, 1.807) is 0 Å². The van der Waals surface area contributed by atoms with Crippen molar-refractivity contribution in [3.8, 4) is 0 Å². The standard InChI is InChI=1S/C11H7Cl2N3O4/c12-7-2-1-3-9(16(19)20)6(7)4-15-5-8(13)10(17)14-11(15)18/h1-3,5H,4H2,(H,14,17,18). The second kappa shape index (κ2) is 5.48. The lowest BCUT2D eigenvalue weighted by atomic mass is 10.2. The van der Waals surface area contributed by atoms with E-state index in [4.69, 9.17) is 23.2 Å². The summed E-state index contributed by atoms with van der Waals surface area (Å²) in [5, 5.41) is 10.9. The summed E-state index contributed by atoms with van der Waals surface area (Å²) in [6.07, 6.45) is 1.11. The highest BCUT2D eigenvalue weighted by molar-refractivity contribution is 6.31. The van der Waals surface area contributed by atoms with Gasteiger partial charge in [-0.2, -0.15) is 0 Å². The van der Waals surface area contributed by atoms with Crippen molar-refractivity contribution in [2.24, 2.45) is 0 Å². The number of hydrogen-bond acceptors (Lipinski definition) is 4. The van der Waals surface area contributed by atoms with Crippen molar-refractivity contribution in [3.63, 3.8) is 0 Å². The first kappa shape index (κ1) is 14.3. The molecule has 0 fully saturated rings. The van der Waals surface area contributed by atoms with E-state index in [0.29, 0.717) is 0 Å². The molecule has 1 N–H and O–H groups in total. The number of nitrogens with one attached hydrogen (secondary N) is 1. The molecule has 2 rings (SSSR count). The Labute approximate surface area is 121 Å². The summed E-state index contributed by atoms with van der Waals surface area (Å²) in [5.74, 6) is 0. The lowest BCUT2D eigenvalue weighted by Crippen LogP contribution is -2.30. The molecule has 0 unspecified atom stereocenters. The topological polar surface area (TPSA) is 98.0 Å². The zero-order valence-electron chi connectivity index (χ0n) is 9.80. The van der Waals surface area contributed by atoms with Gasteiger partial charge in [-0.25, -0.2) is 4.79 Å². The summed E-state index contributed by atoms with van der Waals surface area (Å²) in [6.45, 7) is -0.175. The Balaban J connectivity index is 2.56. The van der Waals surface area contributed by atoms with Gasteiger partial charge < -0.3 is 0 Å². The SMILES string of the molecule is O=c1[nH]c(=O)n(Cc2c(Cl)cccc2[N+](=O)[O-])cc1Cl. The van der Waals surface area contributed by atoms with E-state index in [1.807, 2.05) is 4.98 Å². The van der Waals surface area contributed by atoms with Gasteiger partial charge in [0.25, 0.3) is 11.2 Å². The number of nitro benzene ring substituents is 1. The van der Waals surface area contributed by atoms with Crippen LogP contribution in [0.15, 0.2) is 34.0 Å². The number of nitro groups is 1. The molecule has 0 amide bonds. The molecule has 0 atom stereocenters. The van der Waals surface area contributed by atoms with Gasteiger partial charge in [0.15, 0.2) is 0 Å². The molecule has 0 aliphatic carbocycles. The first-order chi connectivity index (χ1) is 9.40. The van der Waals surface area contributed by atoms with Gasteiger partial charge in [0.2, 0.25) is 0 Å². The Morgan fingerprint density at radius 3 is 2.60 bits per heavy atom. The zero-order chi connectivity index (χ0) is 14.9. The molecule has 1 aromatic carbocycles. The Kier molecular flexibility index (Phi) is 3.91. The van der Waals surface area contributed by atoms with Crippen molar-refractivity contribution in [2.45, 2.75) is 6.54 Å². The fraction of sp³-hybridized carbons (Fsp3) is 0.0909. The maximum absolute atomic E-state index is 11.6. The minimum Gasteiger partial charge on any atom is -0.294 e. The molecule has 20 heavy (non-hydrogen) atoms. The molecular weight excluding hydrogens is 309 g/mol. The van der Waals surface area contributed by atoms with Gasteiger partial charge in [-0.05, 0) is 6.07 Å². The third-order valence-electron chi connectivity index (χ3n) is 2.59. The van der Waals surface area contributed by atoms with Gasteiger partial charge in [0.05, 0.1) is 22.1 Å². The number of rotatable bonds is 3. The maximum atomic E-state index is 11.6. The second-order valence-corrected chi connectivity index (χ2v) is 4.67. The van der Waals surface area contributed by atoms with E-state index in [0.717, 1.165) is 10.8 Å². The van der Waals surface area contributed by atoms with Crippen LogP contribution in [0.25, 0.3) is 0 Å². The van der Waals surface area contributed by atoms with Crippen LogP contribution < -0.4 is 11.2 Å². The minimum absolute atomic E-state index is 0.147. The average molecular weight is 316 g/mol. The molecule has 2 aromatic rings. The van der Waals surface area contributed by atoms with Gasteiger partial charge in [-0.3, -0.25) is 24.5 Å². The fourth-order valence-electron chi connectivity index (χ4n) is 1.65. The number of aromatic amines is 1. The van der Waals surface area contributed by atoms with Gasteiger partial charge in [0.1, 0.15) is 5.02 Å². The zero-order valence-corrected chi connectivity index (χ0v) is 11.3. The highest BCUT2D eigenvalue weighted by Crippen LogP contribution is 2.26. The molecular formula is C11H7Cl2N3O4. The van der Waals surface area contributed by atoms with Crippen LogP contribution in [0.3, 0.4) is 0 Å². The van der Waals surface area contributed by atoms with E-state index in [-0.39, 0.29) is 27.8 Å². The molecule has 0 bridgehead atoms. The fourth-order valence-corrected chi connectivity index (χ4v) is 2.04. The molecule has 7 nitrogen and oxygen atoms in total. The summed E-state index contributed by atoms with van der Waals surface area (Å²) >= 11 is 11.5. The summed E-state index contributed by atoms with van der Waals surface area (Å²) < 4.78 is 1.04. The predicted molar refractivity (Wildman–Crippen MR) is 73.5 cm³/mol. The molecule has 0 radical (unpaired) electrons. The van der Waals surface area contributed by atoms with E-state index in [2.05, 4.69) is 0 Å². The van der Waals surface area contributed by atoms with Crippen molar-refractivity contribution in [3.05, 3.63) is 71.0 Å². The molecule has 0 spiro atoms. The molecule has 9 heteroatoms. The number of aromatic nitrogens is 2. The third kappa shape index (κ3) is 2.73. The highest BCUT2D eigenvalue weighted by Gasteiger charge is 2.17. The Morgan fingerprint density at radius 2 is 1.95 bits per heavy atom. The van der Waals surface area contributed by atoms with Gasteiger partial charge >= 0.3 is 5.69 Å². The Hall–Kier alpha value is -2.12. The van der Waals surface area contributed by atoms with Crippen LogP contribution in [0.5, 0.6) is 0 Å². The van der Waals surface area contributed by atoms with E-state index < -0.39 is 16.2 Å². The summed E-state index contributed by atoms with van der Waals surface area (Å²) in [6, 6.07) is 4.19. The lowest BCUT2D eigenvalue weighted by molar-refractivity contribution is -0.385. The number of H-pyrrole nitrogens is 1. The summed E-state index contributed by atoms with van der Waals surface area (Å²) in [7, 11) is 0. The van der Waals surface area contributed by atoms with E-state index >= 15 is 0 Å². The normalized spacial score (nSPS) is 10.5. The van der Waals surface area contributed by atoms with E-state index in [9.17, 15) is 19.7 Å². The van der Waals surface area contributed by atoms with Crippen molar-refractivity contribution < 1.29 is 4.92 Å². The van der Waals surface area contributed by atoms with Crippen LogP contribution >= 0.6 is 23.2 Å². The van der Waals surface area contributed by atoms with E-state index in [1.165, 1.54) is 18.2 Å². The molecule has 104 valence electrons. The molecule has 1 aromatic heterocycles. The number of hydrogen-bond donors (Lipinski definition) is 1.